The van der Waals surface area contributed by atoms with Crippen LogP contribution >= 0.6 is 0 Å². The summed E-state index contributed by atoms with van der Waals surface area (Å²) in [4.78, 5) is 9.95. The van der Waals surface area contributed by atoms with Gasteiger partial charge in [0, 0.05) is 6.54 Å². The molecule has 1 aromatic rings. The summed E-state index contributed by atoms with van der Waals surface area (Å²) < 4.78 is 0. The molecule has 1 aromatic carbocycles. The predicted octanol–water partition coefficient (Wildman–Crippen LogP) is -2.88. The molecule has 0 bridgehead atoms. The van der Waals surface area contributed by atoms with Crippen molar-refractivity contribution in [1.82, 2.24) is 5.32 Å². The van der Waals surface area contributed by atoms with E-state index in [0.29, 0.717) is 6.54 Å². The molecule has 0 aromatic heterocycles. The quantitative estimate of drug-likeness (QED) is 0.488. The van der Waals surface area contributed by atoms with Gasteiger partial charge in [-0.1, -0.05) is 30.3 Å². The maximum atomic E-state index is 9.95. The van der Waals surface area contributed by atoms with E-state index in [9.17, 15) is 9.90 Å². The van der Waals surface area contributed by atoms with Gasteiger partial charge in [0.25, 0.3) is 0 Å². The van der Waals surface area contributed by atoms with Gasteiger partial charge in [-0.05, 0) is 5.56 Å². The largest absolute Gasteiger partial charge is 1.00 e. The van der Waals surface area contributed by atoms with Crippen molar-refractivity contribution < 1.29 is 39.5 Å². The molecule has 0 radical (unpaired) electrons. The van der Waals surface area contributed by atoms with Crippen molar-refractivity contribution in [3.8, 4) is 0 Å². The van der Waals surface area contributed by atoms with Crippen LogP contribution in [0.3, 0.4) is 0 Å². The zero-order valence-corrected chi connectivity index (χ0v) is 8.91. The monoisotopic (exact) mass is 173 g/mol. The summed E-state index contributed by atoms with van der Waals surface area (Å²) in [6.45, 7) is 0.309. The first-order valence-electron chi connectivity index (χ1n) is 3.28. The molecule has 0 heterocycles. The molecule has 4 heteroatoms. The van der Waals surface area contributed by atoms with Gasteiger partial charge in [0.2, 0.25) is 0 Å². The molecule has 3 nitrogen and oxygen atoms in total. The Bertz CT molecular complexity index is 238. The van der Waals surface area contributed by atoms with E-state index in [2.05, 4.69) is 5.32 Å². The average Bonchev–Trinajstić information content (AvgIpc) is 2.03. The molecule has 12 heavy (non-hydrogen) atoms. The third-order valence-corrected chi connectivity index (χ3v) is 1.28. The van der Waals surface area contributed by atoms with Crippen LogP contribution < -0.4 is 40.0 Å². The van der Waals surface area contributed by atoms with Gasteiger partial charge in [0.15, 0.2) is 0 Å². The second-order valence-corrected chi connectivity index (χ2v) is 2.13. The molecule has 0 unspecified atom stereocenters. The number of nitrogens with one attached hydrogen (secondary N) is 1. The number of hydrogen-bond acceptors (Lipinski definition) is 2. The van der Waals surface area contributed by atoms with E-state index in [-0.39, 0.29) is 29.6 Å². The smallest absolute Gasteiger partial charge is 0.530 e. The fourth-order valence-corrected chi connectivity index (χ4v) is 0.770. The van der Waals surface area contributed by atoms with E-state index in [0.717, 1.165) is 5.56 Å². The third-order valence-electron chi connectivity index (χ3n) is 1.28. The van der Waals surface area contributed by atoms with Gasteiger partial charge < -0.3 is 15.2 Å². The standard InChI is InChI=1S/C8H9NO2.Na/c10-8(11)9-6-7-4-2-1-3-5-7;/h1-5,9H,6H2,(H,10,11);/q;+1/p-1. The van der Waals surface area contributed by atoms with Gasteiger partial charge in [0.1, 0.15) is 6.09 Å². The molecule has 0 aliphatic heterocycles. The van der Waals surface area contributed by atoms with Crippen LogP contribution in [0.5, 0.6) is 0 Å². The molecule has 0 fully saturated rings. The molecular weight excluding hydrogens is 165 g/mol. The SMILES string of the molecule is O=C([O-])NCc1ccccc1.[Na+]. The number of amides is 1. The Morgan fingerprint density at radius 2 is 1.92 bits per heavy atom. The summed E-state index contributed by atoms with van der Waals surface area (Å²) in [5.74, 6) is 0. The zero-order valence-electron chi connectivity index (χ0n) is 6.91. The van der Waals surface area contributed by atoms with Gasteiger partial charge >= 0.3 is 29.6 Å². The minimum absolute atomic E-state index is 0. The molecule has 0 aliphatic carbocycles. The van der Waals surface area contributed by atoms with E-state index in [1.165, 1.54) is 0 Å². The molecule has 1 amide bonds. The van der Waals surface area contributed by atoms with E-state index >= 15 is 0 Å². The molecule has 58 valence electrons. The maximum Gasteiger partial charge on any atom is 1.00 e. The molecule has 0 atom stereocenters. The summed E-state index contributed by atoms with van der Waals surface area (Å²) in [5, 5.41) is 12.1. The molecule has 0 spiro atoms. The van der Waals surface area contributed by atoms with Crippen LogP contribution in [0.15, 0.2) is 30.3 Å². The summed E-state index contributed by atoms with van der Waals surface area (Å²) in [7, 11) is 0. The fraction of sp³-hybridized carbons (Fsp3) is 0.125. The van der Waals surface area contributed by atoms with Crippen LogP contribution in [-0.2, 0) is 6.54 Å². The van der Waals surface area contributed by atoms with Crippen molar-refractivity contribution in [1.29, 1.82) is 0 Å². The van der Waals surface area contributed by atoms with Crippen LogP contribution in [0.1, 0.15) is 5.56 Å². The first kappa shape index (κ1) is 11.5. The van der Waals surface area contributed by atoms with Crippen LogP contribution in [-0.4, -0.2) is 6.09 Å². The first-order valence-corrected chi connectivity index (χ1v) is 3.28. The Balaban J connectivity index is 0.00000121. The normalized spacial score (nSPS) is 8.33. The van der Waals surface area contributed by atoms with Crippen LogP contribution in [0.4, 0.5) is 4.79 Å². The summed E-state index contributed by atoms with van der Waals surface area (Å²) in [6, 6.07) is 9.27. The van der Waals surface area contributed by atoms with Crippen LogP contribution in [0.25, 0.3) is 0 Å². The Hall–Kier alpha value is -0.510. The molecule has 1 N–H and O–H groups in total. The van der Waals surface area contributed by atoms with Gasteiger partial charge in [-0.15, -0.1) is 0 Å². The van der Waals surface area contributed by atoms with Crippen LogP contribution in [0, 0.1) is 0 Å². The van der Waals surface area contributed by atoms with Gasteiger partial charge in [0.05, 0.1) is 0 Å². The van der Waals surface area contributed by atoms with Crippen molar-refractivity contribution in [2.45, 2.75) is 6.54 Å². The third kappa shape index (κ3) is 4.38. The summed E-state index contributed by atoms with van der Waals surface area (Å²) in [6.07, 6.45) is -1.24. The predicted molar refractivity (Wildman–Crippen MR) is 38.7 cm³/mol. The Kier molecular flexibility index (Phi) is 5.80. The molecular formula is C8H8NNaO2. The van der Waals surface area contributed by atoms with Crippen molar-refractivity contribution in [3.05, 3.63) is 35.9 Å². The maximum absolute atomic E-state index is 9.95. The number of benzene rings is 1. The van der Waals surface area contributed by atoms with Gasteiger partial charge in [-0.2, -0.15) is 0 Å². The topological polar surface area (TPSA) is 52.2 Å². The summed E-state index contributed by atoms with van der Waals surface area (Å²) in [5.41, 5.74) is 0.928. The number of carbonyl (C=O) groups excluding carboxylic acids is 1. The number of hydrogen-bond donors (Lipinski definition) is 1. The van der Waals surface area contributed by atoms with Crippen molar-refractivity contribution in [2.24, 2.45) is 0 Å². The van der Waals surface area contributed by atoms with E-state index in [1.54, 1.807) is 0 Å². The number of carboxylic acid groups (broad SMARTS) is 1. The number of carbonyl (C=O) groups is 1. The van der Waals surface area contributed by atoms with Crippen molar-refractivity contribution >= 4 is 6.09 Å². The average molecular weight is 173 g/mol. The van der Waals surface area contributed by atoms with E-state index in [4.69, 9.17) is 0 Å². The van der Waals surface area contributed by atoms with Crippen molar-refractivity contribution in [2.75, 3.05) is 0 Å². The van der Waals surface area contributed by atoms with E-state index in [1.807, 2.05) is 30.3 Å². The molecule has 0 aliphatic rings. The first-order chi connectivity index (χ1) is 5.29. The summed E-state index contributed by atoms with van der Waals surface area (Å²) >= 11 is 0. The van der Waals surface area contributed by atoms with Gasteiger partial charge in [-0.3, -0.25) is 0 Å². The van der Waals surface area contributed by atoms with Gasteiger partial charge in [-0.25, -0.2) is 0 Å². The minimum atomic E-state index is -1.24. The second-order valence-electron chi connectivity index (χ2n) is 2.13. The second kappa shape index (κ2) is 6.06. The fourth-order valence-electron chi connectivity index (χ4n) is 0.770. The minimum Gasteiger partial charge on any atom is -0.530 e. The molecule has 0 saturated carbocycles. The van der Waals surface area contributed by atoms with Crippen molar-refractivity contribution in [3.63, 3.8) is 0 Å². The Morgan fingerprint density at radius 3 is 2.42 bits per heavy atom. The zero-order chi connectivity index (χ0) is 8.10. The Morgan fingerprint density at radius 1 is 1.33 bits per heavy atom. The van der Waals surface area contributed by atoms with Crippen LogP contribution in [0.2, 0.25) is 0 Å². The van der Waals surface area contributed by atoms with E-state index < -0.39 is 6.09 Å². The molecule has 1 rings (SSSR count). The number of rotatable bonds is 2. The molecule has 0 saturated heterocycles. The Labute approximate surface area is 93.1 Å².